The van der Waals surface area contributed by atoms with Crippen LogP contribution in [-0.2, 0) is 0 Å². The molecule has 0 radical (unpaired) electrons. The summed E-state index contributed by atoms with van der Waals surface area (Å²) in [4.78, 5) is 0. The van der Waals surface area contributed by atoms with Gasteiger partial charge in [0.2, 0.25) is 5.89 Å². The summed E-state index contributed by atoms with van der Waals surface area (Å²) in [6.45, 7) is 2.01. The van der Waals surface area contributed by atoms with Gasteiger partial charge in [0.05, 0.1) is 0 Å². The number of aromatic nitrogens is 2. The molecule has 4 nitrogen and oxygen atoms in total. The van der Waals surface area contributed by atoms with E-state index in [0.717, 1.165) is 17.7 Å². The summed E-state index contributed by atoms with van der Waals surface area (Å²) in [5, 5.41) is 8.86. The normalized spacial score (nSPS) is 12.1. The fraction of sp³-hybridized carbons (Fsp3) is 0.176. The third-order valence-electron chi connectivity index (χ3n) is 3.20. The van der Waals surface area contributed by atoms with Gasteiger partial charge in [0.15, 0.2) is 6.10 Å². The summed E-state index contributed by atoms with van der Waals surface area (Å²) in [6, 6.07) is 16.9. The zero-order valence-corrected chi connectivity index (χ0v) is 12.8. The van der Waals surface area contributed by atoms with Crippen LogP contribution in [0.3, 0.4) is 0 Å². The van der Waals surface area contributed by atoms with Gasteiger partial charge in [-0.3, -0.25) is 0 Å². The predicted octanol–water partition coefficient (Wildman–Crippen LogP) is 4.92. The van der Waals surface area contributed by atoms with Crippen LogP contribution in [0.25, 0.3) is 11.5 Å². The highest BCUT2D eigenvalue weighted by molar-refractivity contribution is 6.30. The smallest absolute Gasteiger partial charge is 0.257 e. The number of hydrogen-bond acceptors (Lipinski definition) is 4. The maximum Gasteiger partial charge on any atom is 0.257 e. The summed E-state index contributed by atoms with van der Waals surface area (Å²) in [7, 11) is 0. The number of halogens is 1. The lowest BCUT2D eigenvalue weighted by Crippen LogP contribution is -2.06. The van der Waals surface area contributed by atoms with Crippen LogP contribution < -0.4 is 4.74 Å². The van der Waals surface area contributed by atoms with E-state index >= 15 is 0 Å². The van der Waals surface area contributed by atoms with E-state index in [2.05, 4.69) is 10.2 Å². The van der Waals surface area contributed by atoms with Gasteiger partial charge in [-0.25, -0.2) is 0 Å². The molecule has 0 amide bonds. The summed E-state index contributed by atoms with van der Waals surface area (Å²) in [5.41, 5.74) is 0.831. The minimum atomic E-state index is -0.268. The minimum absolute atomic E-state index is 0.268. The molecule has 112 valence electrons. The first-order valence-electron chi connectivity index (χ1n) is 7.07. The number of hydrogen-bond donors (Lipinski definition) is 0. The van der Waals surface area contributed by atoms with Crippen molar-refractivity contribution >= 4 is 11.6 Å². The molecule has 0 bridgehead atoms. The Labute approximate surface area is 133 Å². The highest BCUT2D eigenvalue weighted by Gasteiger charge is 2.19. The Morgan fingerprint density at radius 1 is 1.05 bits per heavy atom. The zero-order chi connectivity index (χ0) is 15.4. The number of ether oxygens (including phenoxy) is 1. The summed E-state index contributed by atoms with van der Waals surface area (Å²) >= 11 is 5.88. The molecule has 0 aliphatic rings. The lowest BCUT2D eigenvalue weighted by atomic mass is 10.2. The standard InChI is InChI=1S/C17H15ClN2O2/c1-2-15(21-14-6-4-3-5-7-14)17-20-19-16(22-17)12-8-10-13(18)11-9-12/h3-11,15H,2H2,1H3. The molecule has 0 aliphatic heterocycles. The predicted molar refractivity (Wildman–Crippen MR) is 84.8 cm³/mol. The number of nitrogens with zero attached hydrogens (tertiary/aromatic N) is 2. The van der Waals surface area contributed by atoms with E-state index in [1.807, 2.05) is 49.4 Å². The molecule has 5 heteroatoms. The molecular formula is C17H15ClN2O2. The van der Waals surface area contributed by atoms with Gasteiger partial charge in [-0.2, -0.15) is 0 Å². The average molecular weight is 315 g/mol. The van der Waals surface area contributed by atoms with E-state index in [1.165, 1.54) is 0 Å². The van der Waals surface area contributed by atoms with Gasteiger partial charge in [-0.1, -0.05) is 36.7 Å². The van der Waals surface area contributed by atoms with Crippen LogP contribution in [0.15, 0.2) is 59.0 Å². The third kappa shape index (κ3) is 3.28. The van der Waals surface area contributed by atoms with Gasteiger partial charge in [-0.05, 0) is 42.8 Å². The van der Waals surface area contributed by atoms with E-state index in [0.29, 0.717) is 16.8 Å². The van der Waals surface area contributed by atoms with Gasteiger partial charge in [0.1, 0.15) is 5.75 Å². The van der Waals surface area contributed by atoms with Crippen LogP contribution in [0, 0.1) is 0 Å². The topological polar surface area (TPSA) is 48.2 Å². The quantitative estimate of drug-likeness (QED) is 0.670. The molecule has 0 saturated heterocycles. The van der Waals surface area contributed by atoms with Crippen LogP contribution in [0.2, 0.25) is 5.02 Å². The van der Waals surface area contributed by atoms with Crippen molar-refractivity contribution in [2.45, 2.75) is 19.4 Å². The molecule has 2 aromatic carbocycles. The van der Waals surface area contributed by atoms with E-state index in [9.17, 15) is 0 Å². The van der Waals surface area contributed by atoms with Crippen molar-refractivity contribution < 1.29 is 9.15 Å². The Bertz CT molecular complexity index is 726. The third-order valence-corrected chi connectivity index (χ3v) is 3.45. The summed E-state index contributed by atoms with van der Waals surface area (Å²) in [6.07, 6.45) is 0.466. The van der Waals surface area contributed by atoms with Crippen molar-refractivity contribution in [1.82, 2.24) is 10.2 Å². The lowest BCUT2D eigenvalue weighted by Gasteiger charge is -2.13. The second-order valence-electron chi connectivity index (χ2n) is 4.78. The summed E-state index contributed by atoms with van der Waals surface area (Å²) < 4.78 is 11.6. The first kappa shape index (κ1) is 14.6. The van der Waals surface area contributed by atoms with Gasteiger partial charge in [0, 0.05) is 10.6 Å². The molecule has 0 spiro atoms. The van der Waals surface area contributed by atoms with Crippen molar-refractivity contribution in [2.75, 3.05) is 0 Å². The van der Waals surface area contributed by atoms with Crippen LogP contribution >= 0.6 is 11.6 Å². The van der Waals surface area contributed by atoms with Crippen LogP contribution in [0.1, 0.15) is 25.3 Å². The molecule has 3 aromatic rings. The van der Waals surface area contributed by atoms with Gasteiger partial charge < -0.3 is 9.15 Å². The Kier molecular flexibility index (Phi) is 4.39. The van der Waals surface area contributed by atoms with Crippen molar-refractivity contribution in [2.24, 2.45) is 0 Å². The van der Waals surface area contributed by atoms with Crippen molar-refractivity contribution in [3.63, 3.8) is 0 Å². The van der Waals surface area contributed by atoms with Crippen LogP contribution in [0.5, 0.6) is 5.75 Å². The zero-order valence-electron chi connectivity index (χ0n) is 12.1. The number of para-hydroxylation sites is 1. The first-order chi connectivity index (χ1) is 10.8. The maximum absolute atomic E-state index is 5.90. The van der Waals surface area contributed by atoms with Crippen molar-refractivity contribution in [3.05, 3.63) is 65.5 Å². The van der Waals surface area contributed by atoms with Gasteiger partial charge in [0.25, 0.3) is 5.89 Å². The molecule has 1 heterocycles. The highest BCUT2D eigenvalue weighted by atomic mass is 35.5. The largest absolute Gasteiger partial charge is 0.481 e. The fourth-order valence-electron chi connectivity index (χ4n) is 2.05. The van der Waals surface area contributed by atoms with Crippen molar-refractivity contribution in [3.8, 4) is 17.2 Å². The van der Waals surface area contributed by atoms with Crippen LogP contribution in [0.4, 0.5) is 0 Å². The van der Waals surface area contributed by atoms with E-state index in [4.69, 9.17) is 20.8 Å². The number of rotatable bonds is 5. The second-order valence-corrected chi connectivity index (χ2v) is 5.22. The molecule has 1 unspecified atom stereocenters. The molecule has 3 rings (SSSR count). The monoisotopic (exact) mass is 314 g/mol. The fourth-order valence-corrected chi connectivity index (χ4v) is 2.17. The molecule has 1 atom stereocenters. The molecule has 0 N–H and O–H groups in total. The molecule has 1 aromatic heterocycles. The minimum Gasteiger partial charge on any atom is -0.481 e. The van der Waals surface area contributed by atoms with E-state index < -0.39 is 0 Å². The van der Waals surface area contributed by atoms with Crippen LogP contribution in [-0.4, -0.2) is 10.2 Å². The molecular weight excluding hydrogens is 300 g/mol. The second kappa shape index (κ2) is 6.62. The van der Waals surface area contributed by atoms with Gasteiger partial charge >= 0.3 is 0 Å². The average Bonchev–Trinajstić information content (AvgIpc) is 3.04. The molecule has 22 heavy (non-hydrogen) atoms. The number of benzene rings is 2. The Balaban J connectivity index is 1.80. The van der Waals surface area contributed by atoms with Gasteiger partial charge in [-0.15, -0.1) is 10.2 Å². The molecule has 0 aliphatic carbocycles. The highest BCUT2D eigenvalue weighted by Crippen LogP contribution is 2.27. The molecule has 0 fully saturated rings. The lowest BCUT2D eigenvalue weighted by molar-refractivity contribution is 0.166. The first-order valence-corrected chi connectivity index (χ1v) is 7.45. The Morgan fingerprint density at radius 3 is 2.45 bits per heavy atom. The SMILES string of the molecule is CCC(Oc1ccccc1)c1nnc(-c2ccc(Cl)cc2)o1. The maximum atomic E-state index is 5.90. The van der Waals surface area contributed by atoms with E-state index in [1.54, 1.807) is 12.1 Å². The van der Waals surface area contributed by atoms with E-state index in [-0.39, 0.29) is 6.10 Å². The van der Waals surface area contributed by atoms with Crippen molar-refractivity contribution in [1.29, 1.82) is 0 Å². The Hall–Kier alpha value is -2.33. The molecule has 0 saturated carbocycles. The Morgan fingerprint density at radius 2 is 1.77 bits per heavy atom. The summed E-state index contributed by atoms with van der Waals surface area (Å²) in [5.74, 6) is 1.71.